The Morgan fingerprint density at radius 1 is 1.40 bits per heavy atom. The number of nitrogens with one attached hydrogen (secondary N) is 2. The van der Waals surface area contributed by atoms with Gasteiger partial charge in [-0.3, -0.25) is 9.59 Å². The fraction of sp³-hybridized carbons (Fsp3) is 0.200. The van der Waals surface area contributed by atoms with Crippen LogP contribution >= 0.6 is 12.6 Å². The fourth-order valence-electron chi connectivity index (χ4n) is 0.998. The Bertz CT molecular complexity index is 379. The van der Waals surface area contributed by atoms with E-state index >= 15 is 0 Å². The van der Waals surface area contributed by atoms with Crippen LogP contribution in [-0.4, -0.2) is 25.4 Å². The van der Waals surface area contributed by atoms with E-state index in [1.807, 2.05) is 0 Å². The first-order valence-corrected chi connectivity index (χ1v) is 4.86. The number of amides is 2. The SMILES string of the molecule is CNC(=O)CNC(=O)c1cccc(S)c1. The summed E-state index contributed by atoms with van der Waals surface area (Å²) in [5.41, 5.74) is 0.492. The molecule has 0 atom stereocenters. The Morgan fingerprint density at radius 3 is 2.73 bits per heavy atom. The molecular formula is C10H12N2O2S. The lowest BCUT2D eigenvalue weighted by molar-refractivity contribution is -0.119. The van der Waals surface area contributed by atoms with Crippen molar-refractivity contribution in [3.05, 3.63) is 29.8 Å². The van der Waals surface area contributed by atoms with Crippen LogP contribution in [0.2, 0.25) is 0 Å². The van der Waals surface area contributed by atoms with E-state index in [9.17, 15) is 9.59 Å². The molecule has 4 nitrogen and oxygen atoms in total. The normalized spacial score (nSPS) is 9.47. The molecule has 0 fully saturated rings. The third-order valence-electron chi connectivity index (χ3n) is 1.80. The van der Waals surface area contributed by atoms with Crippen molar-refractivity contribution in [2.75, 3.05) is 13.6 Å². The van der Waals surface area contributed by atoms with E-state index in [0.29, 0.717) is 10.5 Å². The zero-order valence-corrected chi connectivity index (χ0v) is 9.17. The van der Waals surface area contributed by atoms with Crippen molar-refractivity contribution < 1.29 is 9.59 Å². The number of likely N-dealkylation sites (N-methyl/N-ethyl adjacent to an activating group) is 1. The van der Waals surface area contributed by atoms with Gasteiger partial charge in [-0.15, -0.1) is 12.6 Å². The molecule has 2 N–H and O–H groups in total. The van der Waals surface area contributed by atoms with Gasteiger partial charge in [-0.05, 0) is 18.2 Å². The molecule has 0 aliphatic carbocycles. The van der Waals surface area contributed by atoms with Crippen molar-refractivity contribution in [1.29, 1.82) is 0 Å². The van der Waals surface area contributed by atoms with E-state index in [2.05, 4.69) is 23.3 Å². The highest BCUT2D eigenvalue weighted by Gasteiger charge is 2.06. The largest absolute Gasteiger partial charge is 0.358 e. The average molecular weight is 224 g/mol. The predicted octanol–water partition coefficient (Wildman–Crippen LogP) is 0.451. The maximum absolute atomic E-state index is 11.5. The molecule has 5 heteroatoms. The monoisotopic (exact) mass is 224 g/mol. The maximum atomic E-state index is 11.5. The molecule has 0 radical (unpaired) electrons. The van der Waals surface area contributed by atoms with E-state index in [0.717, 1.165) is 0 Å². The molecule has 0 aromatic heterocycles. The lowest BCUT2D eigenvalue weighted by atomic mass is 10.2. The molecule has 2 amide bonds. The lowest BCUT2D eigenvalue weighted by Gasteiger charge is -2.04. The second kappa shape index (κ2) is 5.41. The van der Waals surface area contributed by atoms with E-state index in [1.54, 1.807) is 24.3 Å². The number of thiol groups is 1. The van der Waals surface area contributed by atoms with Gasteiger partial charge in [0.2, 0.25) is 5.91 Å². The number of hydrogen-bond acceptors (Lipinski definition) is 3. The van der Waals surface area contributed by atoms with E-state index in [4.69, 9.17) is 0 Å². The Labute approximate surface area is 93.5 Å². The van der Waals surface area contributed by atoms with Gasteiger partial charge in [-0.1, -0.05) is 6.07 Å². The molecule has 0 bridgehead atoms. The zero-order valence-electron chi connectivity index (χ0n) is 8.28. The van der Waals surface area contributed by atoms with Crippen LogP contribution in [0.5, 0.6) is 0 Å². The van der Waals surface area contributed by atoms with Gasteiger partial charge in [-0.25, -0.2) is 0 Å². The van der Waals surface area contributed by atoms with Crippen LogP contribution in [0, 0.1) is 0 Å². The Kier molecular flexibility index (Phi) is 4.17. The number of carbonyl (C=O) groups is 2. The molecule has 0 saturated carbocycles. The van der Waals surface area contributed by atoms with Crippen LogP contribution < -0.4 is 10.6 Å². The highest BCUT2D eigenvalue weighted by molar-refractivity contribution is 7.80. The highest BCUT2D eigenvalue weighted by Crippen LogP contribution is 2.08. The van der Waals surface area contributed by atoms with Crippen molar-refractivity contribution in [1.82, 2.24) is 10.6 Å². The zero-order chi connectivity index (χ0) is 11.3. The fourth-order valence-corrected chi connectivity index (χ4v) is 1.22. The van der Waals surface area contributed by atoms with Gasteiger partial charge in [0.1, 0.15) is 0 Å². The van der Waals surface area contributed by atoms with Crippen LogP contribution in [0.15, 0.2) is 29.2 Å². The lowest BCUT2D eigenvalue weighted by Crippen LogP contribution is -2.35. The molecule has 0 heterocycles. The van der Waals surface area contributed by atoms with Crippen LogP contribution in [0.1, 0.15) is 10.4 Å². The number of hydrogen-bond donors (Lipinski definition) is 3. The summed E-state index contributed by atoms with van der Waals surface area (Å²) in [6.45, 7) is -0.0217. The minimum absolute atomic E-state index is 0.0217. The number of carbonyl (C=O) groups excluding carboxylic acids is 2. The summed E-state index contributed by atoms with van der Waals surface area (Å²) in [5, 5.41) is 4.91. The topological polar surface area (TPSA) is 58.2 Å². The van der Waals surface area contributed by atoms with Gasteiger partial charge >= 0.3 is 0 Å². The van der Waals surface area contributed by atoms with Crippen LogP contribution in [0.3, 0.4) is 0 Å². The molecule has 0 saturated heterocycles. The van der Waals surface area contributed by atoms with Crippen molar-refractivity contribution in [3.8, 4) is 0 Å². The second-order valence-electron chi connectivity index (χ2n) is 2.91. The van der Waals surface area contributed by atoms with Gasteiger partial charge in [0, 0.05) is 17.5 Å². The van der Waals surface area contributed by atoms with Gasteiger partial charge in [0.05, 0.1) is 6.54 Å². The first-order valence-electron chi connectivity index (χ1n) is 4.41. The number of rotatable bonds is 3. The summed E-state index contributed by atoms with van der Waals surface area (Å²) in [7, 11) is 1.52. The van der Waals surface area contributed by atoms with Gasteiger partial charge in [-0.2, -0.15) is 0 Å². The highest BCUT2D eigenvalue weighted by atomic mass is 32.1. The van der Waals surface area contributed by atoms with Crippen LogP contribution in [-0.2, 0) is 4.79 Å². The predicted molar refractivity (Wildman–Crippen MR) is 60.1 cm³/mol. The first-order chi connectivity index (χ1) is 7.13. The Hall–Kier alpha value is -1.49. The van der Waals surface area contributed by atoms with Gasteiger partial charge in [0.15, 0.2) is 0 Å². The third-order valence-corrected chi connectivity index (χ3v) is 2.07. The van der Waals surface area contributed by atoms with Gasteiger partial charge in [0.25, 0.3) is 5.91 Å². The minimum Gasteiger partial charge on any atom is -0.358 e. The molecule has 15 heavy (non-hydrogen) atoms. The van der Waals surface area contributed by atoms with Crippen LogP contribution in [0.4, 0.5) is 0 Å². The van der Waals surface area contributed by atoms with Crippen molar-refractivity contribution >= 4 is 24.4 Å². The summed E-state index contributed by atoms with van der Waals surface area (Å²) in [6.07, 6.45) is 0. The average Bonchev–Trinajstić information content (AvgIpc) is 2.25. The van der Waals surface area contributed by atoms with Crippen molar-refractivity contribution in [2.45, 2.75) is 4.90 Å². The molecule has 1 aromatic carbocycles. The van der Waals surface area contributed by atoms with E-state index < -0.39 is 0 Å². The quantitative estimate of drug-likeness (QED) is 0.653. The molecular weight excluding hydrogens is 212 g/mol. The Morgan fingerprint density at radius 2 is 2.13 bits per heavy atom. The van der Waals surface area contributed by atoms with E-state index in [-0.39, 0.29) is 18.4 Å². The molecule has 0 spiro atoms. The molecule has 1 aromatic rings. The number of benzene rings is 1. The third kappa shape index (κ3) is 3.63. The smallest absolute Gasteiger partial charge is 0.251 e. The first kappa shape index (κ1) is 11.6. The second-order valence-corrected chi connectivity index (χ2v) is 3.42. The minimum atomic E-state index is -0.283. The molecule has 0 aliphatic rings. The summed E-state index contributed by atoms with van der Waals surface area (Å²) >= 11 is 4.12. The summed E-state index contributed by atoms with van der Waals surface area (Å²) < 4.78 is 0. The Balaban J connectivity index is 2.58. The van der Waals surface area contributed by atoms with Crippen molar-refractivity contribution in [2.24, 2.45) is 0 Å². The van der Waals surface area contributed by atoms with Crippen molar-refractivity contribution in [3.63, 3.8) is 0 Å². The van der Waals surface area contributed by atoms with E-state index in [1.165, 1.54) is 7.05 Å². The standard InChI is InChI=1S/C10H12N2O2S/c1-11-9(13)6-12-10(14)7-3-2-4-8(15)5-7/h2-5,15H,6H2,1H3,(H,11,13)(H,12,14). The molecule has 1 rings (SSSR count). The van der Waals surface area contributed by atoms with Crippen LogP contribution in [0.25, 0.3) is 0 Å². The summed E-state index contributed by atoms with van der Waals surface area (Å²) in [6, 6.07) is 6.82. The molecule has 0 unspecified atom stereocenters. The molecule has 80 valence electrons. The maximum Gasteiger partial charge on any atom is 0.251 e. The van der Waals surface area contributed by atoms with Gasteiger partial charge < -0.3 is 10.6 Å². The summed E-state index contributed by atoms with van der Waals surface area (Å²) in [4.78, 5) is 23.1. The molecule has 0 aliphatic heterocycles. The summed E-state index contributed by atoms with van der Waals surface area (Å²) in [5.74, 6) is -0.514.